The molecule has 180 valence electrons. The molecule has 3 fully saturated rings. The number of likely N-dealkylation sites (tertiary alicyclic amines) is 2. The number of hydrogen-bond acceptors (Lipinski definition) is 4. The van der Waals surface area contributed by atoms with Crippen LogP contribution in [0.1, 0.15) is 62.8 Å². The average Bonchev–Trinajstić information content (AvgIpc) is 3.56. The molecule has 1 saturated carbocycles. The quantitative estimate of drug-likeness (QED) is 0.306. The highest BCUT2D eigenvalue weighted by atomic mass is 127. The molecule has 3 heterocycles. The van der Waals surface area contributed by atoms with Crippen LogP contribution in [0.25, 0.3) is 0 Å². The third-order valence-electron chi connectivity index (χ3n) is 7.36. The second-order valence-corrected chi connectivity index (χ2v) is 10.6. The molecular weight excluding hydrogens is 533 g/mol. The number of rotatable bonds is 6. The third-order valence-corrected chi connectivity index (χ3v) is 8.34. The van der Waals surface area contributed by atoms with Gasteiger partial charge in [-0.05, 0) is 62.6 Å². The number of amides is 1. The van der Waals surface area contributed by atoms with E-state index in [4.69, 9.17) is 0 Å². The number of halogens is 1. The van der Waals surface area contributed by atoms with Gasteiger partial charge >= 0.3 is 0 Å². The van der Waals surface area contributed by atoms with E-state index in [1.54, 1.807) is 0 Å². The molecule has 2 atom stereocenters. The Kier molecular flexibility index (Phi) is 10.1. The van der Waals surface area contributed by atoms with Crippen LogP contribution in [0.4, 0.5) is 0 Å². The van der Waals surface area contributed by atoms with E-state index >= 15 is 0 Å². The van der Waals surface area contributed by atoms with Gasteiger partial charge in [0.1, 0.15) is 0 Å². The van der Waals surface area contributed by atoms with Gasteiger partial charge in [-0.3, -0.25) is 14.7 Å². The molecule has 0 bridgehead atoms. The van der Waals surface area contributed by atoms with Crippen molar-refractivity contribution >= 4 is 47.2 Å². The summed E-state index contributed by atoms with van der Waals surface area (Å²) in [6.45, 7) is 7.22. The third kappa shape index (κ3) is 6.59. The van der Waals surface area contributed by atoms with E-state index in [1.807, 2.05) is 18.4 Å². The number of piperidine rings is 1. The number of carbonyl (C=O) groups excluding carboxylic acids is 1. The molecule has 3 aliphatic rings. The van der Waals surface area contributed by atoms with Gasteiger partial charge in [-0.25, -0.2) is 0 Å². The first-order valence-corrected chi connectivity index (χ1v) is 13.1. The fourth-order valence-corrected chi connectivity index (χ4v) is 6.18. The molecule has 2 saturated heterocycles. The summed E-state index contributed by atoms with van der Waals surface area (Å²) < 4.78 is 0. The summed E-state index contributed by atoms with van der Waals surface area (Å²) in [5, 5.41) is 9.35. The van der Waals surface area contributed by atoms with Crippen LogP contribution in [0.3, 0.4) is 0 Å². The van der Waals surface area contributed by atoms with E-state index < -0.39 is 0 Å². The first-order valence-electron chi connectivity index (χ1n) is 12.2. The van der Waals surface area contributed by atoms with Crippen molar-refractivity contribution in [3.8, 4) is 0 Å². The standard InChI is InChI=1S/C24H39N5OS.HI/c1-18-9-12-28(13-10-18)21(22-8-5-15-31-22)16-26-24(25-2)27-20-11-14-29(17-20)23(30)19-6-3-4-7-19;/h5,8,15,18-21H,3-4,6-7,9-14,16-17H2,1-2H3,(H2,25,26,27);1H. The van der Waals surface area contributed by atoms with Gasteiger partial charge in [0.15, 0.2) is 5.96 Å². The fraction of sp³-hybridized carbons (Fsp3) is 0.750. The van der Waals surface area contributed by atoms with Crippen molar-refractivity contribution in [2.24, 2.45) is 16.8 Å². The van der Waals surface area contributed by atoms with Crippen LogP contribution in [-0.4, -0.2) is 67.5 Å². The second kappa shape index (κ2) is 12.6. The number of aliphatic imine (C=N–C) groups is 1. The van der Waals surface area contributed by atoms with Crippen LogP contribution in [-0.2, 0) is 4.79 Å². The summed E-state index contributed by atoms with van der Waals surface area (Å²) >= 11 is 1.85. The van der Waals surface area contributed by atoms with Gasteiger partial charge in [-0.2, -0.15) is 0 Å². The monoisotopic (exact) mass is 573 g/mol. The average molecular weight is 574 g/mol. The molecule has 2 aliphatic heterocycles. The lowest BCUT2D eigenvalue weighted by atomic mass is 9.97. The molecule has 4 rings (SSSR count). The zero-order valence-corrected chi connectivity index (χ0v) is 22.7. The molecule has 2 unspecified atom stereocenters. The van der Waals surface area contributed by atoms with Crippen LogP contribution in [0.2, 0.25) is 0 Å². The molecule has 1 amide bonds. The minimum atomic E-state index is 0. The molecule has 0 aromatic carbocycles. The van der Waals surface area contributed by atoms with Crippen molar-refractivity contribution in [3.63, 3.8) is 0 Å². The molecule has 0 spiro atoms. The number of guanidine groups is 1. The number of carbonyl (C=O) groups is 1. The lowest BCUT2D eigenvalue weighted by Crippen LogP contribution is -2.48. The minimum absolute atomic E-state index is 0. The second-order valence-electron chi connectivity index (χ2n) is 9.60. The number of thiophene rings is 1. The maximum absolute atomic E-state index is 12.7. The highest BCUT2D eigenvalue weighted by Crippen LogP contribution is 2.29. The summed E-state index contributed by atoms with van der Waals surface area (Å²) in [5.74, 6) is 2.34. The molecular formula is C24H40IN5OS. The number of hydrogen-bond donors (Lipinski definition) is 2. The summed E-state index contributed by atoms with van der Waals surface area (Å²) in [5.41, 5.74) is 0. The molecule has 8 heteroatoms. The van der Waals surface area contributed by atoms with Crippen molar-refractivity contribution in [1.29, 1.82) is 0 Å². The summed E-state index contributed by atoms with van der Waals surface area (Å²) in [6.07, 6.45) is 8.14. The van der Waals surface area contributed by atoms with Gasteiger partial charge in [-0.1, -0.05) is 25.8 Å². The normalized spacial score (nSPS) is 24.4. The molecule has 1 aromatic heterocycles. The van der Waals surface area contributed by atoms with Crippen molar-refractivity contribution in [3.05, 3.63) is 22.4 Å². The van der Waals surface area contributed by atoms with Gasteiger partial charge in [0, 0.05) is 43.5 Å². The maximum atomic E-state index is 12.7. The Balaban J connectivity index is 0.00000289. The van der Waals surface area contributed by atoms with Gasteiger partial charge in [0.25, 0.3) is 0 Å². The van der Waals surface area contributed by atoms with Crippen LogP contribution in [0.5, 0.6) is 0 Å². The molecule has 2 N–H and O–H groups in total. The van der Waals surface area contributed by atoms with Gasteiger partial charge in [0.05, 0.1) is 6.04 Å². The summed E-state index contributed by atoms with van der Waals surface area (Å²) in [4.78, 5) is 23.4. The zero-order valence-electron chi connectivity index (χ0n) is 19.6. The molecule has 1 aliphatic carbocycles. The summed E-state index contributed by atoms with van der Waals surface area (Å²) in [7, 11) is 1.84. The van der Waals surface area contributed by atoms with Gasteiger partial charge in [0.2, 0.25) is 5.91 Å². The highest BCUT2D eigenvalue weighted by molar-refractivity contribution is 14.0. The molecule has 1 aromatic rings. The topological polar surface area (TPSA) is 60.0 Å². The van der Waals surface area contributed by atoms with Crippen LogP contribution in [0.15, 0.2) is 22.5 Å². The first-order chi connectivity index (χ1) is 15.1. The van der Waals surface area contributed by atoms with E-state index in [1.165, 1.54) is 30.6 Å². The fourth-order valence-electron chi connectivity index (χ4n) is 5.32. The predicted molar refractivity (Wildman–Crippen MR) is 144 cm³/mol. The predicted octanol–water partition coefficient (Wildman–Crippen LogP) is 4.10. The van der Waals surface area contributed by atoms with E-state index in [2.05, 4.69) is 49.9 Å². The van der Waals surface area contributed by atoms with Crippen LogP contribution < -0.4 is 10.6 Å². The Morgan fingerprint density at radius 1 is 1.19 bits per heavy atom. The number of nitrogens with one attached hydrogen (secondary N) is 2. The summed E-state index contributed by atoms with van der Waals surface area (Å²) in [6, 6.07) is 5.08. The van der Waals surface area contributed by atoms with E-state index in [0.717, 1.165) is 63.9 Å². The maximum Gasteiger partial charge on any atom is 0.225 e. The molecule has 6 nitrogen and oxygen atoms in total. The van der Waals surface area contributed by atoms with E-state index in [-0.39, 0.29) is 35.9 Å². The lowest BCUT2D eigenvalue weighted by molar-refractivity contribution is -0.134. The Bertz CT molecular complexity index is 729. The zero-order chi connectivity index (χ0) is 21.6. The first kappa shape index (κ1) is 25.7. The Hall–Kier alpha value is -0.870. The van der Waals surface area contributed by atoms with Crippen LogP contribution >= 0.6 is 35.3 Å². The van der Waals surface area contributed by atoms with Crippen molar-refractivity contribution in [1.82, 2.24) is 20.4 Å². The largest absolute Gasteiger partial charge is 0.354 e. The van der Waals surface area contributed by atoms with Crippen molar-refractivity contribution in [2.75, 3.05) is 39.8 Å². The van der Waals surface area contributed by atoms with Crippen LogP contribution in [0, 0.1) is 11.8 Å². The van der Waals surface area contributed by atoms with Crippen molar-refractivity contribution < 1.29 is 4.79 Å². The highest BCUT2D eigenvalue weighted by Gasteiger charge is 2.33. The van der Waals surface area contributed by atoms with Gasteiger partial charge in [-0.15, -0.1) is 35.3 Å². The van der Waals surface area contributed by atoms with Gasteiger partial charge < -0.3 is 15.5 Å². The molecule has 32 heavy (non-hydrogen) atoms. The lowest BCUT2D eigenvalue weighted by Gasteiger charge is -2.36. The smallest absolute Gasteiger partial charge is 0.225 e. The van der Waals surface area contributed by atoms with E-state index in [9.17, 15) is 4.79 Å². The Labute approximate surface area is 214 Å². The Morgan fingerprint density at radius 3 is 2.59 bits per heavy atom. The van der Waals surface area contributed by atoms with E-state index in [0.29, 0.717) is 11.9 Å². The number of nitrogens with zero attached hydrogens (tertiary/aromatic N) is 3. The van der Waals surface area contributed by atoms with Crippen molar-refractivity contribution in [2.45, 2.75) is 64.0 Å². The minimum Gasteiger partial charge on any atom is -0.354 e. The molecule has 0 radical (unpaired) electrons. The Morgan fingerprint density at radius 2 is 1.94 bits per heavy atom. The SMILES string of the molecule is CN=C(NCC(c1cccs1)N1CCC(C)CC1)NC1CCN(C(=O)C2CCCC2)C1.I.